The number of hydrogen-bond donors (Lipinski definition) is 0. The molecule has 1 unspecified atom stereocenters. The first kappa shape index (κ1) is 13.8. The molecule has 2 aromatic carbocycles. The minimum atomic E-state index is -0.343. The molecule has 0 radical (unpaired) electrons. The maximum Gasteiger partial charge on any atom is 0.165 e. The Balaban J connectivity index is 2.34. The van der Waals surface area contributed by atoms with Gasteiger partial charge in [0.25, 0.3) is 0 Å². The third kappa shape index (κ3) is 3.03. The molecule has 0 saturated carbocycles. The lowest BCUT2D eigenvalue weighted by Gasteiger charge is -2.12. The number of alkyl halides is 1. The average molecular weight is 421 g/mol. The summed E-state index contributed by atoms with van der Waals surface area (Å²) in [5, 5.41) is 0. The molecule has 0 bridgehead atoms. The molecule has 0 aliphatic rings. The summed E-state index contributed by atoms with van der Waals surface area (Å²) in [7, 11) is 1.46. The van der Waals surface area contributed by atoms with Crippen LogP contribution in [-0.2, 0) is 0 Å². The minimum Gasteiger partial charge on any atom is -0.494 e. The Bertz CT molecular complexity index is 559. The number of rotatable bonds is 3. The van der Waals surface area contributed by atoms with Crippen LogP contribution in [0.1, 0.15) is 16.0 Å². The lowest BCUT2D eigenvalue weighted by atomic mass is 10.0. The molecular formula is C14H11BrFIO. The van der Waals surface area contributed by atoms with E-state index in [0.717, 1.165) is 14.7 Å². The van der Waals surface area contributed by atoms with Gasteiger partial charge in [0.1, 0.15) is 0 Å². The fraction of sp³-hybridized carbons (Fsp3) is 0.143. The van der Waals surface area contributed by atoms with Gasteiger partial charge >= 0.3 is 0 Å². The molecule has 18 heavy (non-hydrogen) atoms. The molecule has 0 aliphatic carbocycles. The summed E-state index contributed by atoms with van der Waals surface area (Å²) in [5.41, 5.74) is 1.97. The molecule has 2 rings (SSSR count). The van der Waals surface area contributed by atoms with Crippen LogP contribution in [0.2, 0.25) is 0 Å². The first-order chi connectivity index (χ1) is 8.61. The van der Waals surface area contributed by atoms with Gasteiger partial charge in [0.2, 0.25) is 0 Å². The van der Waals surface area contributed by atoms with Gasteiger partial charge in [-0.05, 0) is 58.0 Å². The molecule has 0 spiro atoms. The van der Waals surface area contributed by atoms with Crippen LogP contribution in [0.5, 0.6) is 5.75 Å². The van der Waals surface area contributed by atoms with Crippen LogP contribution >= 0.6 is 38.5 Å². The van der Waals surface area contributed by atoms with E-state index in [0.29, 0.717) is 0 Å². The van der Waals surface area contributed by atoms with Gasteiger partial charge in [-0.3, -0.25) is 0 Å². The van der Waals surface area contributed by atoms with E-state index in [1.54, 1.807) is 6.07 Å². The summed E-state index contributed by atoms with van der Waals surface area (Å²) in [6, 6.07) is 13.1. The molecule has 1 nitrogen and oxygen atoms in total. The van der Waals surface area contributed by atoms with E-state index >= 15 is 0 Å². The number of ether oxygens (including phenoxy) is 1. The van der Waals surface area contributed by atoms with Crippen molar-refractivity contribution in [2.45, 2.75) is 4.83 Å². The van der Waals surface area contributed by atoms with Crippen LogP contribution < -0.4 is 4.74 Å². The van der Waals surface area contributed by atoms with Gasteiger partial charge in [-0.2, -0.15) is 0 Å². The van der Waals surface area contributed by atoms with Crippen molar-refractivity contribution in [1.29, 1.82) is 0 Å². The van der Waals surface area contributed by atoms with Gasteiger partial charge in [-0.25, -0.2) is 4.39 Å². The van der Waals surface area contributed by atoms with E-state index in [-0.39, 0.29) is 16.4 Å². The molecule has 0 amide bonds. The van der Waals surface area contributed by atoms with Gasteiger partial charge in [0.15, 0.2) is 11.6 Å². The highest BCUT2D eigenvalue weighted by Crippen LogP contribution is 2.33. The van der Waals surface area contributed by atoms with E-state index in [2.05, 4.69) is 44.6 Å². The topological polar surface area (TPSA) is 9.23 Å². The minimum absolute atomic E-state index is 0.0207. The second kappa shape index (κ2) is 6.02. The molecular weight excluding hydrogens is 410 g/mol. The first-order valence-electron chi connectivity index (χ1n) is 5.35. The summed E-state index contributed by atoms with van der Waals surface area (Å²) in [5.74, 6) is -0.0776. The van der Waals surface area contributed by atoms with E-state index in [1.807, 2.05) is 24.3 Å². The van der Waals surface area contributed by atoms with Crippen LogP contribution in [0.4, 0.5) is 4.39 Å². The fourth-order valence-electron chi connectivity index (χ4n) is 1.70. The van der Waals surface area contributed by atoms with E-state index in [1.165, 1.54) is 13.2 Å². The van der Waals surface area contributed by atoms with Gasteiger partial charge < -0.3 is 4.74 Å². The highest BCUT2D eigenvalue weighted by Gasteiger charge is 2.13. The third-order valence-electron chi connectivity index (χ3n) is 2.61. The Morgan fingerprint density at radius 1 is 1.17 bits per heavy atom. The second-order valence-electron chi connectivity index (χ2n) is 3.81. The highest BCUT2D eigenvalue weighted by molar-refractivity contribution is 14.1. The molecule has 0 heterocycles. The van der Waals surface area contributed by atoms with Crippen LogP contribution in [0, 0.1) is 9.39 Å². The van der Waals surface area contributed by atoms with Crippen molar-refractivity contribution >= 4 is 38.5 Å². The molecule has 4 heteroatoms. The van der Waals surface area contributed by atoms with Gasteiger partial charge in [-0.1, -0.05) is 34.1 Å². The van der Waals surface area contributed by atoms with Crippen LogP contribution in [0.15, 0.2) is 42.5 Å². The summed E-state index contributed by atoms with van der Waals surface area (Å²) < 4.78 is 19.7. The lowest BCUT2D eigenvalue weighted by molar-refractivity contribution is 0.386. The Hall–Kier alpha value is -0.620. The van der Waals surface area contributed by atoms with Gasteiger partial charge in [-0.15, -0.1) is 0 Å². The number of halogens is 3. The third-order valence-corrected chi connectivity index (χ3v) is 4.34. The van der Waals surface area contributed by atoms with E-state index in [4.69, 9.17) is 4.74 Å². The molecule has 0 aliphatic heterocycles. The number of benzene rings is 2. The molecule has 0 aromatic heterocycles. The SMILES string of the molecule is COc1ccc(C(Br)c2cccc(I)c2)cc1F. The zero-order chi connectivity index (χ0) is 13.1. The van der Waals surface area contributed by atoms with Crippen molar-refractivity contribution in [1.82, 2.24) is 0 Å². The molecule has 0 N–H and O–H groups in total. The maximum atomic E-state index is 13.7. The predicted octanol–water partition coefficient (Wildman–Crippen LogP) is 4.92. The van der Waals surface area contributed by atoms with E-state index < -0.39 is 0 Å². The first-order valence-corrected chi connectivity index (χ1v) is 7.34. The van der Waals surface area contributed by atoms with Crippen molar-refractivity contribution in [3.05, 3.63) is 63.0 Å². The smallest absolute Gasteiger partial charge is 0.165 e. The number of hydrogen-bond acceptors (Lipinski definition) is 1. The molecule has 2 aromatic rings. The molecule has 0 saturated heterocycles. The van der Waals surface area contributed by atoms with Crippen LogP contribution in [0.25, 0.3) is 0 Å². The highest BCUT2D eigenvalue weighted by atomic mass is 127. The van der Waals surface area contributed by atoms with Crippen molar-refractivity contribution in [2.75, 3.05) is 7.11 Å². The molecule has 0 fully saturated rings. The monoisotopic (exact) mass is 420 g/mol. The van der Waals surface area contributed by atoms with Crippen molar-refractivity contribution in [2.24, 2.45) is 0 Å². The standard InChI is InChI=1S/C14H11BrFIO/c1-18-13-6-5-10(8-12(13)16)14(15)9-3-2-4-11(17)7-9/h2-8,14H,1H3. The van der Waals surface area contributed by atoms with Crippen LogP contribution in [-0.4, -0.2) is 7.11 Å². The van der Waals surface area contributed by atoms with Crippen LogP contribution in [0.3, 0.4) is 0 Å². The van der Waals surface area contributed by atoms with E-state index in [9.17, 15) is 4.39 Å². The quantitative estimate of drug-likeness (QED) is 0.505. The Morgan fingerprint density at radius 3 is 2.50 bits per heavy atom. The Kier molecular flexibility index (Phi) is 4.61. The maximum absolute atomic E-state index is 13.7. The summed E-state index contributed by atoms with van der Waals surface area (Å²) in [4.78, 5) is -0.0207. The Morgan fingerprint density at radius 2 is 1.89 bits per heavy atom. The molecule has 94 valence electrons. The summed E-state index contributed by atoms with van der Waals surface area (Å²) in [6.07, 6.45) is 0. The summed E-state index contributed by atoms with van der Waals surface area (Å²) >= 11 is 5.86. The number of methoxy groups -OCH3 is 1. The Labute approximate surface area is 128 Å². The predicted molar refractivity (Wildman–Crippen MR) is 82.9 cm³/mol. The van der Waals surface area contributed by atoms with Gasteiger partial charge in [0, 0.05) is 3.57 Å². The van der Waals surface area contributed by atoms with Crippen molar-refractivity contribution < 1.29 is 9.13 Å². The normalized spacial score (nSPS) is 12.2. The largest absolute Gasteiger partial charge is 0.494 e. The molecule has 1 atom stereocenters. The zero-order valence-electron chi connectivity index (χ0n) is 9.66. The average Bonchev–Trinajstić information content (AvgIpc) is 2.37. The second-order valence-corrected chi connectivity index (χ2v) is 5.97. The lowest BCUT2D eigenvalue weighted by Crippen LogP contribution is -1.96. The van der Waals surface area contributed by atoms with Crippen molar-refractivity contribution in [3.63, 3.8) is 0 Å². The van der Waals surface area contributed by atoms with Gasteiger partial charge in [0.05, 0.1) is 11.9 Å². The van der Waals surface area contributed by atoms with Crippen molar-refractivity contribution in [3.8, 4) is 5.75 Å². The summed E-state index contributed by atoms with van der Waals surface area (Å²) in [6.45, 7) is 0. The zero-order valence-corrected chi connectivity index (χ0v) is 13.4. The fourth-order valence-corrected chi connectivity index (χ4v) is 2.83.